The van der Waals surface area contributed by atoms with Crippen molar-refractivity contribution >= 4 is 17.5 Å². The number of carbonyl (C=O) groups excluding carboxylic acids is 2. The third-order valence-corrected chi connectivity index (χ3v) is 4.94. The molecular weight excluding hydrogens is 354 g/mol. The first-order chi connectivity index (χ1) is 13.6. The van der Waals surface area contributed by atoms with Gasteiger partial charge in [0.25, 0.3) is 5.91 Å². The molecule has 2 aromatic rings. The Balaban J connectivity index is 1.42. The first kappa shape index (κ1) is 19.7. The Hall–Kier alpha value is -3.02. The average molecular weight is 381 g/mol. The number of anilines is 1. The molecule has 1 heterocycles. The number of benzene rings is 2. The van der Waals surface area contributed by atoms with Crippen LogP contribution in [0.4, 0.5) is 5.69 Å². The number of piperidine rings is 1. The number of amides is 2. The summed E-state index contributed by atoms with van der Waals surface area (Å²) >= 11 is 0. The van der Waals surface area contributed by atoms with E-state index < -0.39 is 0 Å². The summed E-state index contributed by atoms with van der Waals surface area (Å²) in [6, 6.07) is 16.9. The zero-order chi connectivity index (χ0) is 19.8. The molecule has 6 nitrogen and oxygen atoms in total. The van der Waals surface area contributed by atoms with Crippen molar-refractivity contribution in [1.82, 2.24) is 10.2 Å². The van der Waals surface area contributed by atoms with Crippen molar-refractivity contribution in [2.45, 2.75) is 19.3 Å². The molecule has 1 unspecified atom stereocenters. The number of rotatable bonds is 7. The highest BCUT2D eigenvalue weighted by Gasteiger charge is 2.28. The SMILES string of the molecule is Nc1ccc(CCNC(=O)C2CCCN(C(=O)COc3ccccc3)C2)cc1. The van der Waals surface area contributed by atoms with Crippen LogP contribution in [0.3, 0.4) is 0 Å². The highest BCUT2D eigenvalue weighted by molar-refractivity contribution is 5.82. The Bertz CT molecular complexity index is 777. The molecule has 0 saturated carbocycles. The molecule has 28 heavy (non-hydrogen) atoms. The lowest BCUT2D eigenvalue weighted by atomic mass is 9.97. The molecule has 0 aliphatic carbocycles. The normalized spacial score (nSPS) is 16.4. The number of nitrogens with zero attached hydrogens (tertiary/aromatic N) is 1. The smallest absolute Gasteiger partial charge is 0.260 e. The summed E-state index contributed by atoms with van der Waals surface area (Å²) in [5.41, 5.74) is 7.55. The molecule has 1 saturated heterocycles. The van der Waals surface area contributed by atoms with Crippen LogP contribution in [0.5, 0.6) is 5.75 Å². The van der Waals surface area contributed by atoms with Crippen molar-refractivity contribution < 1.29 is 14.3 Å². The van der Waals surface area contributed by atoms with Gasteiger partial charge >= 0.3 is 0 Å². The maximum Gasteiger partial charge on any atom is 0.260 e. The Morgan fingerprint density at radius 1 is 1.11 bits per heavy atom. The summed E-state index contributed by atoms with van der Waals surface area (Å²) in [5, 5.41) is 2.99. The van der Waals surface area contributed by atoms with E-state index in [1.54, 1.807) is 4.90 Å². The molecule has 6 heteroatoms. The van der Waals surface area contributed by atoms with Gasteiger partial charge in [0.05, 0.1) is 5.92 Å². The van der Waals surface area contributed by atoms with Gasteiger partial charge in [0.15, 0.2) is 6.61 Å². The van der Waals surface area contributed by atoms with Crippen molar-refractivity contribution in [1.29, 1.82) is 0 Å². The molecule has 0 bridgehead atoms. The number of para-hydroxylation sites is 1. The van der Waals surface area contributed by atoms with E-state index in [9.17, 15) is 9.59 Å². The minimum Gasteiger partial charge on any atom is -0.484 e. The summed E-state index contributed by atoms with van der Waals surface area (Å²) in [4.78, 5) is 26.6. The molecule has 3 rings (SSSR count). The van der Waals surface area contributed by atoms with Gasteiger partial charge in [-0.1, -0.05) is 30.3 Å². The number of nitrogens with two attached hydrogens (primary N) is 1. The third kappa shape index (κ3) is 5.74. The monoisotopic (exact) mass is 381 g/mol. The number of carbonyl (C=O) groups is 2. The van der Waals surface area contributed by atoms with Gasteiger partial charge in [0.1, 0.15) is 5.75 Å². The first-order valence-corrected chi connectivity index (χ1v) is 9.69. The molecular formula is C22H27N3O3. The molecule has 0 radical (unpaired) electrons. The van der Waals surface area contributed by atoms with Crippen LogP contribution in [0.2, 0.25) is 0 Å². The van der Waals surface area contributed by atoms with Crippen molar-refractivity contribution in [3.05, 3.63) is 60.2 Å². The maximum atomic E-state index is 12.5. The van der Waals surface area contributed by atoms with E-state index in [1.165, 1.54) is 0 Å². The van der Waals surface area contributed by atoms with E-state index >= 15 is 0 Å². The molecule has 2 aromatic carbocycles. The lowest BCUT2D eigenvalue weighted by Crippen LogP contribution is -2.47. The summed E-state index contributed by atoms with van der Waals surface area (Å²) in [5.74, 6) is 0.436. The minimum atomic E-state index is -0.166. The van der Waals surface area contributed by atoms with E-state index in [0.29, 0.717) is 25.4 Å². The molecule has 3 N–H and O–H groups in total. The van der Waals surface area contributed by atoms with Crippen molar-refractivity contribution in [3.63, 3.8) is 0 Å². The van der Waals surface area contributed by atoms with Crippen LogP contribution >= 0.6 is 0 Å². The van der Waals surface area contributed by atoms with Crippen LogP contribution < -0.4 is 15.8 Å². The summed E-state index contributed by atoms with van der Waals surface area (Å²) in [7, 11) is 0. The van der Waals surface area contributed by atoms with Gasteiger partial charge in [0.2, 0.25) is 5.91 Å². The van der Waals surface area contributed by atoms with E-state index in [4.69, 9.17) is 10.5 Å². The second kappa shape index (κ2) is 9.78. The largest absolute Gasteiger partial charge is 0.484 e. The first-order valence-electron chi connectivity index (χ1n) is 9.69. The van der Waals surface area contributed by atoms with Crippen LogP contribution in [0, 0.1) is 5.92 Å². The highest BCUT2D eigenvalue weighted by Crippen LogP contribution is 2.17. The van der Waals surface area contributed by atoms with Gasteiger partial charge in [-0.25, -0.2) is 0 Å². The molecule has 148 valence electrons. The lowest BCUT2D eigenvalue weighted by molar-refractivity contribution is -0.137. The van der Waals surface area contributed by atoms with E-state index in [1.807, 2.05) is 54.6 Å². The minimum absolute atomic E-state index is 0.00447. The Morgan fingerprint density at radius 2 is 1.86 bits per heavy atom. The zero-order valence-electron chi connectivity index (χ0n) is 16.0. The summed E-state index contributed by atoms with van der Waals surface area (Å²) in [6.07, 6.45) is 2.39. The van der Waals surface area contributed by atoms with Gasteiger partial charge in [0, 0.05) is 25.3 Å². The molecule has 1 aliphatic rings. The van der Waals surface area contributed by atoms with Gasteiger partial charge in [-0.3, -0.25) is 9.59 Å². The number of likely N-dealkylation sites (tertiary alicyclic amines) is 1. The maximum absolute atomic E-state index is 12.5. The van der Waals surface area contributed by atoms with E-state index in [2.05, 4.69) is 5.32 Å². The van der Waals surface area contributed by atoms with Crippen molar-refractivity contribution in [2.24, 2.45) is 5.92 Å². The average Bonchev–Trinajstić information content (AvgIpc) is 2.74. The van der Waals surface area contributed by atoms with Crippen molar-refractivity contribution in [2.75, 3.05) is 32.0 Å². The van der Waals surface area contributed by atoms with Crippen LogP contribution in [0.25, 0.3) is 0 Å². The summed E-state index contributed by atoms with van der Waals surface area (Å²) < 4.78 is 5.54. The Labute approximate surface area is 165 Å². The number of nitrogens with one attached hydrogen (secondary N) is 1. The highest BCUT2D eigenvalue weighted by atomic mass is 16.5. The Kier molecular flexibility index (Phi) is 6.89. The van der Waals surface area contributed by atoms with Crippen LogP contribution in [0.1, 0.15) is 18.4 Å². The number of ether oxygens (including phenoxy) is 1. The topological polar surface area (TPSA) is 84.7 Å². The number of hydrogen-bond acceptors (Lipinski definition) is 4. The van der Waals surface area contributed by atoms with Gasteiger partial charge < -0.3 is 20.7 Å². The van der Waals surface area contributed by atoms with Gasteiger partial charge in [-0.2, -0.15) is 0 Å². The lowest BCUT2D eigenvalue weighted by Gasteiger charge is -2.32. The quantitative estimate of drug-likeness (QED) is 0.721. The second-order valence-corrected chi connectivity index (χ2v) is 7.06. The van der Waals surface area contributed by atoms with Gasteiger partial charge in [-0.15, -0.1) is 0 Å². The van der Waals surface area contributed by atoms with Crippen LogP contribution in [0.15, 0.2) is 54.6 Å². The fraction of sp³-hybridized carbons (Fsp3) is 0.364. The third-order valence-electron chi connectivity index (χ3n) is 4.94. The molecule has 1 aliphatic heterocycles. The molecule has 1 atom stereocenters. The fourth-order valence-electron chi connectivity index (χ4n) is 3.33. The molecule has 0 spiro atoms. The predicted octanol–water partition coefficient (Wildman–Crippen LogP) is 2.25. The number of nitrogen functional groups attached to an aromatic ring is 1. The van der Waals surface area contributed by atoms with Gasteiger partial charge in [-0.05, 0) is 49.1 Å². The second-order valence-electron chi connectivity index (χ2n) is 7.06. The molecule has 1 fully saturated rings. The number of hydrogen-bond donors (Lipinski definition) is 2. The Morgan fingerprint density at radius 3 is 2.61 bits per heavy atom. The summed E-state index contributed by atoms with van der Waals surface area (Å²) in [6.45, 7) is 1.69. The fourth-order valence-corrected chi connectivity index (χ4v) is 3.33. The van der Waals surface area contributed by atoms with Crippen molar-refractivity contribution in [3.8, 4) is 5.75 Å². The van der Waals surface area contributed by atoms with E-state index in [0.717, 1.165) is 30.5 Å². The van der Waals surface area contributed by atoms with Crippen LogP contribution in [-0.4, -0.2) is 43.0 Å². The van der Waals surface area contributed by atoms with E-state index in [-0.39, 0.29) is 24.3 Å². The zero-order valence-corrected chi connectivity index (χ0v) is 16.0. The van der Waals surface area contributed by atoms with Crippen LogP contribution in [-0.2, 0) is 16.0 Å². The molecule has 2 amide bonds. The standard InChI is InChI=1S/C22H27N3O3/c23-19-10-8-17(9-11-19)12-13-24-22(27)18-5-4-14-25(15-18)21(26)16-28-20-6-2-1-3-7-20/h1-3,6-11,18H,4-5,12-16,23H2,(H,24,27). The predicted molar refractivity (Wildman–Crippen MR) is 109 cm³/mol. The molecule has 0 aromatic heterocycles.